The van der Waals surface area contributed by atoms with Gasteiger partial charge in [-0.2, -0.15) is 0 Å². The first-order valence-corrected chi connectivity index (χ1v) is 8.32. The van der Waals surface area contributed by atoms with Crippen LogP contribution in [0.25, 0.3) is 0 Å². The Labute approximate surface area is 157 Å². The van der Waals surface area contributed by atoms with E-state index in [1.807, 2.05) is 38.1 Å². The number of carbonyl (C=O) groups excluding carboxylic acids is 1. The van der Waals surface area contributed by atoms with E-state index in [2.05, 4.69) is 5.16 Å². The van der Waals surface area contributed by atoms with Crippen LogP contribution in [0.15, 0.2) is 41.6 Å². The smallest absolute Gasteiger partial charge is 0.372 e. The van der Waals surface area contributed by atoms with Crippen LogP contribution in [0.4, 0.5) is 0 Å². The van der Waals surface area contributed by atoms with Crippen LogP contribution in [0.1, 0.15) is 16.7 Å². The van der Waals surface area contributed by atoms with Gasteiger partial charge in [0.15, 0.2) is 6.61 Å². The molecule has 26 heavy (non-hydrogen) atoms. The van der Waals surface area contributed by atoms with Crippen LogP contribution in [-0.2, 0) is 16.1 Å². The lowest BCUT2D eigenvalue weighted by Gasteiger charge is -2.09. The molecule has 0 amide bonds. The molecule has 7 heteroatoms. The molecule has 2 aromatic carbocycles. The third kappa shape index (κ3) is 5.39. The molecule has 0 aromatic heterocycles. The van der Waals surface area contributed by atoms with E-state index in [0.717, 1.165) is 16.7 Å². The molecule has 6 nitrogen and oxygen atoms in total. The van der Waals surface area contributed by atoms with Crippen LogP contribution in [-0.4, -0.2) is 25.5 Å². The summed E-state index contributed by atoms with van der Waals surface area (Å²) in [6.45, 7) is 3.44. The van der Waals surface area contributed by atoms with Gasteiger partial charge >= 0.3 is 5.97 Å². The van der Waals surface area contributed by atoms with Gasteiger partial charge in [-0.05, 0) is 43.2 Å². The topological polar surface area (TPSA) is 83.1 Å². The first-order chi connectivity index (χ1) is 12.4. The predicted molar refractivity (Wildman–Crippen MR) is 101 cm³/mol. The van der Waals surface area contributed by atoms with Gasteiger partial charge in [0.05, 0.1) is 7.11 Å². The summed E-state index contributed by atoms with van der Waals surface area (Å²) in [5.74, 6) is 0.723. The van der Waals surface area contributed by atoms with Crippen LogP contribution >= 0.6 is 11.6 Å². The van der Waals surface area contributed by atoms with Crippen molar-refractivity contribution < 1.29 is 19.1 Å². The van der Waals surface area contributed by atoms with Gasteiger partial charge < -0.3 is 20.0 Å². The highest BCUT2D eigenvalue weighted by Crippen LogP contribution is 2.25. The molecule has 0 aliphatic heterocycles. The SMILES string of the molecule is COc1ccccc1C/C(N)=N/OC(=O)COc1cc(C)c(Cl)c(C)c1. The summed E-state index contributed by atoms with van der Waals surface area (Å²) < 4.78 is 10.6. The Kier molecular flexibility index (Phi) is 6.86. The number of oxime groups is 1. The molecule has 0 aliphatic carbocycles. The van der Waals surface area contributed by atoms with E-state index < -0.39 is 5.97 Å². The molecule has 0 saturated heterocycles. The molecule has 2 aromatic rings. The summed E-state index contributed by atoms with van der Waals surface area (Å²) in [5.41, 5.74) is 8.39. The molecule has 0 radical (unpaired) electrons. The van der Waals surface area contributed by atoms with Gasteiger partial charge in [0.2, 0.25) is 0 Å². The lowest BCUT2D eigenvalue weighted by molar-refractivity contribution is -0.146. The van der Waals surface area contributed by atoms with Crippen molar-refractivity contribution in [2.24, 2.45) is 10.9 Å². The highest BCUT2D eigenvalue weighted by Gasteiger charge is 2.09. The average molecular weight is 377 g/mol. The zero-order valence-electron chi connectivity index (χ0n) is 14.9. The summed E-state index contributed by atoms with van der Waals surface area (Å²) in [6, 6.07) is 10.9. The average Bonchev–Trinajstić information content (AvgIpc) is 2.63. The van der Waals surface area contributed by atoms with Crippen molar-refractivity contribution in [2.75, 3.05) is 13.7 Å². The number of nitrogens with two attached hydrogens (primary N) is 1. The van der Waals surface area contributed by atoms with E-state index in [-0.39, 0.29) is 12.4 Å². The molecule has 0 bridgehead atoms. The fourth-order valence-corrected chi connectivity index (χ4v) is 2.45. The zero-order chi connectivity index (χ0) is 19.1. The van der Waals surface area contributed by atoms with Crippen molar-refractivity contribution >= 4 is 23.4 Å². The molecule has 138 valence electrons. The van der Waals surface area contributed by atoms with Gasteiger partial charge in [0.1, 0.15) is 17.3 Å². The van der Waals surface area contributed by atoms with Crippen LogP contribution in [0, 0.1) is 13.8 Å². The maximum absolute atomic E-state index is 11.8. The summed E-state index contributed by atoms with van der Waals surface area (Å²) in [5, 5.41) is 4.32. The maximum Gasteiger partial charge on any atom is 0.372 e. The minimum Gasteiger partial charge on any atom is -0.496 e. The second-order valence-electron chi connectivity index (χ2n) is 5.69. The Hall–Kier alpha value is -2.73. The summed E-state index contributed by atoms with van der Waals surface area (Å²) in [4.78, 5) is 16.6. The van der Waals surface area contributed by atoms with Crippen LogP contribution in [0.5, 0.6) is 11.5 Å². The van der Waals surface area contributed by atoms with Gasteiger partial charge in [-0.3, -0.25) is 0 Å². The van der Waals surface area contributed by atoms with Crippen molar-refractivity contribution in [3.05, 3.63) is 58.1 Å². The second-order valence-corrected chi connectivity index (χ2v) is 6.07. The normalized spacial score (nSPS) is 11.2. The third-order valence-corrected chi connectivity index (χ3v) is 4.19. The molecule has 0 spiro atoms. The summed E-state index contributed by atoms with van der Waals surface area (Å²) >= 11 is 6.10. The van der Waals surface area contributed by atoms with Gasteiger partial charge in [0, 0.05) is 17.0 Å². The number of methoxy groups -OCH3 is 1. The van der Waals surface area contributed by atoms with Crippen molar-refractivity contribution in [1.29, 1.82) is 0 Å². The van der Waals surface area contributed by atoms with E-state index in [1.165, 1.54) is 0 Å². The Morgan fingerprint density at radius 2 is 1.85 bits per heavy atom. The molecular weight excluding hydrogens is 356 g/mol. The minimum atomic E-state index is -0.654. The van der Waals surface area contributed by atoms with Gasteiger partial charge in [-0.25, -0.2) is 4.79 Å². The molecule has 0 saturated carbocycles. The van der Waals surface area contributed by atoms with E-state index >= 15 is 0 Å². The van der Waals surface area contributed by atoms with Crippen LogP contribution in [0.3, 0.4) is 0 Å². The Balaban J connectivity index is 1.88. The molecule has 2 N–H and O–H groups in total. The fraction of sp³-hybridized carbons (Fsp3) is 0.263. The van der Waals surface area contributed by atoms with Crippen molar-refractivity contribution in [3.8, 4) is 11.5 Å². The molecule has 0 unspecified atom stereocenters. The number of rotatable bonds is 7. The van der Waals surface area contributed by atoms with Gasteiger partial charge in [-0.1, -0.05) is 35.0 Å². The number of para-hydroxylation sites is 1. The number of amidine groups is 1. The number of ether oxygens (including phenoxy) is 2. The van der Waals surface area contributed by atoms with Crippen LogP contribution in [0.2, 0.25) is 5.02 Å². The predicted octanol–water partition coefficient (Wildman–Crippen LogP) is 3.40. The first-order valence-electron chi connectivity index (χ1n) is 7.94. The lowest BCUT2D eigenvalue weighted by Crippen LogP contribution is -2.19. The Bertz CT molecular complexity index is 798. The molecule has 2 rings (SSSR count). The number of carbonyl (C=O) groups is 1. The number of aryl methyl sites for hydroxylation is 2. The second kappa shape index (κ2) is 9.10. The standard InChI is InChI=1S/C19H21ClN2O4/c1-12-8-15(9-13(2)19(12)20)25-11-18(23)26-22-17(21)10-14-6-4-5-7-16(14)24-3/h4-9H,10-11H2,1-3H3,(H2,21,22). The number of halogens is 1. The van der Waals surface area contributed by atoms with Gasteiger partial charge in [-0.15, -0.1) is 0 Å². The molecule has 0 heterocycles. The van der Waals surface area contributed by atoms with Gasteiger partial charge in [0.25, 0.3) is 0 Å². The molecule has 0 atom stereocenters. The monoisotopic (exact) mass is 376 g/mol. The lowest BCUT2D eigenvalue weighted by atomic mass is 10.1. The largest absolute Gasteiger partial charge is 0.496 e. The Morgan fingerprint density at radius 1 is 1.19 bits per heavy atom. The number of nitrogens with zero attached hydrogens (tertiary/aromatic N) is 1. The number of hydrogen-bond acceptors (Lipinski definition) is 5. The summed E-state index contributed by atoms with van der Waals surface area (Å²) in [6.07, 6.45) is 0.299. The maximum atomic E-state index is 11.8. The third-order valence-electron chi connectivity index (χ3n) is 3.60. The minimum absolute atomic E-state index is 0.154. The fourth-order valence-electron chi connectivity index (χ4n) is 2.34. The van der Waals surface area contributed by atoms with E-state index in [4.69, 9.17) is 31.6 Å². The quantitative estimate of drug-likeness (QED) is 0.346. The zero-order valence-corrected chi connectivity index (χ0v) is 15.7. The Morgan fingerprint density at radius 3 is 2.50 bits per heavy atom. The van der Waals surface area contributed by atoms with E-state index in [1.54, 1.807) is 19.2 Å². The number of benzene rings is 2. The van der Waals surface area contributed by atoms with Crippen molar-refractivity contribution in [1.82, 2.24) is 0 Å². The highest BCUT2D eigenvalue weighted by atomic mass is 35.5. The molecular formula is C19H21ClN2O4. The van der Waals surface area contributed by atoms with Crippen molar-refractivity contribution in [3.63, 3.8) is 0 Å². The summed E-state index contributed by atoms with van der Waals surface area (Å²) in [7, 11) is 1.57. The first kappa shape index (κ1) is 19.6. The molecule has 0 fully saturated rings. The van der Waals surface area contributed by atoms with E-state index in [9.17, 15) is 4.79 Å². The molecule has 0 aliphatic rings. The van der Waals surface area contributed by atoms with Crippen LogP contribution < -0.4 is 15.2 Å². The van der Waals surface area contributed by atoms with E-state index in [0.29, 0.717) is 22.9 Å². The van der Waals surface area contributed by atoms with Crippen molar-refractivity contribution in [2.45, 2.75) is 20.3 Å². The number of hydrogen-bond donors (Lipinski definition) is 1. The highest BCUT2D eigenvalue weighted by molar-refractivity contribution is 6.32.